The molecule has 0 amide bonds. The van der Waals surface area contributed by atoms with Crippen LogP contribution in [0.3, 0.4) is 0 Å². The van der Waals surface area contributed by atoms with E-state index in [1.54, 1.807) is 13.8 Å². The van der Waals surface area contributed by atoms with E-state index in [4.69, 9.17) is 14.0 Å². The maximum Gasteiger partial charge on any atom is 0.495 e. The summed E-state index contributed by atoms with van der Waals surface area (Å²) in [6.07, 6.45) is 0. The maximum atomic E-state index is 10.8. The van der Waals surface area contributed by atoms with Crippen molar-refractivity contribution in [2.24, 2.45) is 0 Å². The first-order valence-electron chi connectivity index (χ1n) is 15.3. The minimum atomic E-state index is -1.02. The Balaban J connectivity index is 1.47. The number of fused-ring (bicyclic) bond motifs is 10. The molecular formula is C37H39B2O4. The van der Waals surface area contributed by atoms with Crippen LogP contribution in [0.2, 0.25) is 0 Å². The van der Waals surface area contributed by atoms with Gasteiger partial charge in [-0.1, -0.05) is 84.9 Å². The summed E-state index contributed by atoms with van der Waals surface area (Å²) in [7, 11) is 1.35. The van der Waals surface area contributed by atoms with E-state index in [9.17, 15) is 5.11 Å². The van der Waals surface area contributed by atoms with Gasteiger partial charge in [0.05, 0.1) is 27.8 Å². The summed E-state index contributed by atoms with van der Waals surface area (Å²) in [5.41, 5.74) is 8.59. The van der Waals surface area contributed by atoms with Crippen LogP contribution in [-0.4, -0.2) is 42.1 Å². The maximum absolute atomic E-state index is 10.8. The van der Waals surface area contributed by atoms with E-state index in [0.717, 1.165) is 16.5 Å². The molecule has 7 rings (SSSR count). The molecule has 3 aliphatic rings. The Hall–Kier alpha value is -3.15. The SMILES string of the molecule is CC(C)(O)C(C)(C)O[B]c1cccc2c1-c1ccccc1C21c2ccccc2-c2c(B3OC(C)(C)C(C)(C)O3)cccc21. The topological polar surface area (TPSA) is 47.9 Å². The molecule has 1 aliphatic heterocycles. The van der Waals surface area contributed by atoms with Crippen LogP contribution in [-0.2, 0) is 19.4 Å². The second-order valence-corrected chi connectivity index (χ2v) is 14.3. The first-order chi connectivity index (χ1) is 20.2. The van der Waals surface area contributed by atoms with Crippen molar-refractivity contribution in [3.05, 3.63) is 107 Å². The van der Waals surface area contributed by atoms with Gasteiger partial charge >= 0.3 is 14.6 Å². The Morgan fingerprint density at radius 1 is 0.651 bits per heavy atom. The van der Waals surface area contributed by atoms with Crippen molar-refractivity contribution in [1.82, 2.24) is 0 Å². The van der Waals surface area contributed by atoms with Crippen molar-refractivity contribution < 1.29 is 19.1 Å². The van der Waals surface area contributed by atoms with E-state index >= 15 is 0 Å². The lowest BCUT2D eigenvalue weighted by molar-refractivity contribution is -0.0893. The second kappa shape index (κ2) is 9.18. The van der Waals surface area contributed by atoms with Crippen LogP contribution in [0, 0.1) is 0 Å². The van der Waals surface area contributed by atoms with Gasteiger partial charge in [0.2, 0.25) is 0 Å². The van der Waals surface area contributed by atoms with E-state index in [2.05, 4.69) is 113 Å². The van der Waals surface area contributed by atoms with Crippen LogP contribution >= 0.6 is 0 Å². The van der Waals surface area contributed by atoms with Crippen LogP contribution < -0.4 is 10.9 Å². The minimum absolute atomic E-state index is 0.440. The zero-order valence-corrected chi connectivity index (χ0v) is 26.4. The molecule has 4 nitrogen and oxygen atoms in total. The van der Waals surface area contributed by atoms with Crippen molar-refractivity contribution in [3.8, 4) is 22.3 Å². The smallest absolute Gasteiger partial charge is 0.427 e. The molecule has 6 heteroatoms. The van der Waals surface area contributed by atoms with Gasteiger partial charge in [-0.15, -0.1) is 0 Å². The average Bonchev–Trinajstić information content (AvgIpc) is 3.51. The molecule has 1 atom stereocenters. The predicted molar refractivity (Wildman–Crippen MR) is 175 cm³/mol. The van der Waals surface area contributed by atoms with Crippen LogP contribution in [0.5, 0.6) is 0 Å². The van der Waals surface area contributed by atoms with E-state index < -0.39 is 34.9 Å². The first-order valence-corrected chi connectivity index (χ1v) is 15.3. The Morgan fingerprint density at radius 3 is 1.72 bits per heavy atom. The molecule has 0 bridgehead atoms. The van der Waals surface area contributed by atoms with Crippen LogP contribution in [0.15, 0.2) is 84.9 Å². The molecule has 1 heterocycles. The van der Waals surface area contributed by atoms with Crippen molar-refractivity contribution in [2.75, 3.05) is 0 Å². The van der Waals surface area contributed by atoms with Crippen molar-refractivity contribution in [1.29, 1.82) is 0 Å². The predicted octanol–water partition coefficient (Wildman–Crippen LogP) is 6.14. The summed E-state index contributed by atoms with van der Waals surface area (Å²) in [4.78, 5) is 0. The highest BCUT2D eigenvalue weighted by atomic mass is 16.7. The average molecular weight is 569 g/mol. The number of benzene rings is 4. The van der Waals surface area contributed by atoms with Gasteiger partial charge in [0, 0.05) is 0 Å². The summed E-state index contributed by atoms with van der Waals surface area (Å²) in [5, 5.41) is 10.8. The molecule has 0 saturated carbocycles. The van der Waals surface area contributed by atoms with E-state index in [1.807, 2.05) is 21.3 Å². The third kappa shape index (κ3) is 3.86. The van der Waals surface area contributed by atoms with Crippen molar-refractivity contribution in [2.45, 2.75) is 83.2 Å². The molecule has 4 aromatic rings. The van der Waals surface area contributed by atoms with Gasteiger partial charge in [-0.25, -0.2) is 0 Å². The number of hydrogen-bond donors (Lipinski definition) is 1. The number of hydrogen-bond acceptors (Lipinski definition) is 4. The molecule has 43 heavy (non-hydrogen) atoms. The zero-order chi connectivity index (χ0) is 30.6. The largest absolute Gasteiger partial charge is 0.495 e. The summed E-state index contributed by atoms with van der Waals surface area (Å²) in [6, 6.07) is 30.6. The van der Waals surface area contributed by atoms with Gasteiger partial charge in [-0.05, 0) is 111 Å². The first kappa shape index (κ1) is 28.6. The lowest BCUT2D eigenvalue weighted by Crippen LogP contribution is -2.49. The second-order valence-electron chi connectivity index (χ2n) is 14.3. The highest BCUT2D eigenvalue weighted by Gasteiger charge is 2.56. The van der Waals surface area contributed by atoms with Gasteiger partial charge in [0.25, 0.3) is 0 Å². The molecule has 1 unspecified atom stereocenters. The molecule has 1 fully saturated rings. The molecule has 1 radical (unpaired) electrons. The van der Waals surface area contributed by atoms with Gasteiger partial charge in [-0.3, -0.25) is 0 Å². The monoisotopic (exact) mass is 569 g/mol. The normalized spacial score (nSPS) is 21.0. The van der Waals surface area contributed by atoms with Gasteiger partial charge in [0.1, 0.15) is 0 Å². The van der Waals surface area contributed by atoms with Crippen molar-refractivity contribution >= 4 is 25.5 Å². The lowest BCUT2D eigenvalue weighted by atomic mass is 9.68. The fourth-order valence-electron chi connectivity index (χ4n) is 6.91. The fourth-order valence-corrected chi connectivity index (χ4v) is 6.91. The quantitative estimate of drug-likeness (QED) is 0.254. The molecule has 4 aromatic carbocycles. The highest BCUT2D eigenvalue weighted by Crippen LogP contribution is 2.62. The van der Waals surface area contributed by atoms with Crippen molar-refractivity contribution in [3.63, 3.8) is 0 Å². The minimum Gasteiger partial charge on any atom is -0.427 e. The van der Waals surface area contributed by atoms with Crippen LogP contribution in [0.4, 0.5) is 0 Å². The third-order valence-electron chi connectivity index (χ3n) is 10.7. The van der Waals surface area contributed by atoms with Crippen LogP contribution in [0.1, 0.15) is 77.6 Å². The summed E-state index contributed by atoms with van der Waals surface area (Å²) in [6.45, 7) is 15.8. The molecular weight excluding hydrogens is 530 g/mol. The van der Waals surface area contributed by atoms with E-state index in [-0.39, 0.29) is 0 Å². The number of rotatable bonds is 5. The van der Waals surface area contributed by atoms with Crippen LogP contribution in [0.25, 0.3) is 22.3 Å². The Labute approximate surface area is 256 Å². The van der Waals surface area contributed by atoms with Gasteiger partial charge in [-0.2, -0.15) is 0 Å². The van der Waals surface area contributed by atoms with Gasteiger partial charge in [0.15, 0.2) is 0 Å². The summed E-state index contributed by atoms with van der Waals surface area (Å²) >= 11 is 0. The fraction of sp³-hybridized carbons (Fsp3) is 0.351. The lowest BCUT2D eigenvalue weighted by Gasteiger charge is -2.37. The molecule has 217 valence electrons. The molecule has 2 aliphatic carbocycles. The van der Waals surface area contributed by atoms with Gasteiger partial charge < -0.3 is 19.1 Å². The molecule has 1 spiro atoms. The zero-order valence-electron chi connectivity index (χ0n) is 26.4. The molecule has 1 N–H and O–H groups in total. The Bertz CT molecular complexity index is 1750. The Kier molecular flexibility index (Phi) is 6.11. The summed E-state index contributed by atoms with van der Waals surface area (Å²) in [5.74, 6) is 0. The summed E-state index contributed by atoms with van der Waals surface area (Å²) < 4.78 is 19.6. The number of aliphatic hydroxyl groups is 1. The van der Waals surface area contributed by atoms with E-state index in [0.29, 0.717) is 0 Å². The highest BCUT2D eigenvalue weighted by molar-refractivity contribution is 6.64. The molecule has 0 aromatic heterocycles. The van der Waals surface area contributed by atoms with E-state index in [1.165, 1.54) is 38.9 Å². The Morgan fingerprint density at radius 2 is 1.14 bits per heavy atom. The standard InChI is InChI=1S/C37H39B2O4/c1-33(2,40)34(3,4)41-38-29-21-13-19-27-31(29)23-15-9-11-17-25(23)37(27)26-18-12-10-16-24(26)32-28(37)20-14-22-30(32)39-42-35(5,6)36(7,8)43-39/h9-22,40H,1-8H3. The third-order valence-corrected chi connectivity index (χ3v) is 10.7. The molecule has 1 saturated heterocycles.